The van der Waals surface area contributed by atoms with Crippen LogP contribution in [0.15, 0.2) is 34.8 Å². The summed E-state index contributed by atoms with van der Waals surface area (Å²) in [5.41, 5.74) is 0.513. The van der Waals surface area contributed by atoms with Gasteiger partial charge >= 0.3 is 5.97 Å². The van der Waals surface area contributed by atoms with Crippen LogP contribution in [-0.2, 0) is 9.53 Å². The first-order valence-corrected chi connectivity index (χ1v) is 5.83. The number of esters is 1. The molecule has 0 aromatic heterocycles. The van der Waals surface area contributed by atoms with Crippen LogP contribution in [0.25, 0.3) is 6.08 Å². The molecule has 0 N–H and O–H groups in total. The van der Waals surface area contributed by atoms with E-state index in [4.69, 9.17) is 4.74 Å². The SMILES string of the molecule is CC(C)(C)OC(=O)C=Cc1cccc(Br)c1. The highest BCUT2D eigenvalue weighted by Crippen LogP contribution is 2.13. The Labute approximate surface area is 104 Å². The van der Waals surface area contributed by atoms with Crippen LogP contribution < -0.4 is 0 Å². The third kappa shape index (κ3) is 5.12. The minimum Gasteiger partial charge on any atom is -0.457 e. The summed E-state index contributed by atoms with van der Waals surface area (Å²) < 4.78 is 6.14. The lowest BCUT2D eigenvalue weighted by Gasteiger charge is -2.17. The van der Waals surface area contributed by atoms with Crippen molar-refractivity contribution in [2.24, 2.45) is 0 Å². The second-order valence-electron chi connectivity index (χ2n) is 4.42. The first-order chi connectivity index (χ1) is 7.37. The molecule has 1 rings (SSSR count). The number of hydrogen-bond acceptors (Lipinski definition) is 2. The van der Waals surface area contributed by atoms with Crippen molar-refractivity contribution in [3.8, 4) is 0 Å². The van der Waals surface area contributed by atoms with Crippen LogP contribution in [0.1, 0.15) is 26.3 Å². The molecule has 0 spiro atoms. The molecule has 0 aliphatic rings. The van der Waals surface area contributed by atoms with E-state index < -0.39 is 5.60 Å². The van der Waals surface area contributed by atoms with E-state index in [-0.39, 0.29) is 5.97 Å². The van der Waals surface area contributed by atoms with E-state index in [0.717, 1.165) is 10.0 Å². The number of benzene rings is 1. The minimum atomic E-state index is -0.446. The molecule has 1 aromatic rings. The standard InChI is InChI=1S/C13H15BrO2/c1-13(2,3)16-12(15)8-7-10-5-4-6-11(14)9-10/h4-9H,1-3H3. The molecule has 2 nitrogen and oxygen atoms in total. The molecule has 86 valence electrons. The predicted octanol–water partition coefficient (Wildman–Crippen LogP) is 3.80. The Morgan fingerprint density at radius 2 is 2.06 bits per heavy atom. The Morgan fingerprint density at radius 1 is 1.38 bits per heavy atom. The van der Waals surface area contributed by atoms with Gasteiger partial charge in [-0.2, -0.15) is 0 Å². The van der Waals surface area contributed by atoms with E-state index >= 15 is 0 Å². The molecule has 0 radical (unpaired) electrons. The predicted molar refractivity (Wildman–Crippen MR) is 69.0 cm³/mol. The molecule has 0 atom stereocenters. The van der Waals surface area contributed by atoms with Gasteiger partial charge in [-0.25, -0.2) is 4.79 Å². The topological polar surface area (TPSA) is 26.3 Å². The van der Waals surface area contributed by atoms with Crippen LogP contribution in [0.3, 0.4) is 0 Å². The highest BCUT2D eigenvalue weighted by Gasteiger charge is 2.13. The molecule has 0 heterocycles. The number of carbonyl (C=O) groups excluding carboxylic acids is 1. The third-order valence-corrected chi connectivity index (χ3v) is 2.16. The summed E-state index contributed by atoms with van der Waals surface area (Å²) >= 11 is 3.37. The first-order valence-electron chi connectivity index (χ1n) is 5.03. The highest BCUT2D eigenvalue weighted by atomic mass is 79.9. The first kappa shape index (κ1) is 13.0. The van der Waals surface area contributed by atoms with Crippen LogP contribution in [-0.4, -0.2) is 11.6 Å². The Hall–Kier alpha value is -1.09. The van der Waals surface area contributed by atoms with Gasteiger partial charge in [0.15, 0.2) is 0 Å². The van der Waals surface area contributed by atoms with Gasteiger partial charge in [0.2, 0.25) is 0 Å². The zero-order valence-electron chi connectivity index (χ0n) is 9.66. The van der Waals surface area contributed by atoms with Crippen molar-refractivity contribution in [2.75, 3.05) is 0 Å². The molecule has 1 aromatic carbocycles. The zero-order chi connectivity index (χ0) is 12.2. The van der Waals surface area contributed by atoms with Crippen molar-refractivity contribution in [3.63, 3.8) is 0 Å². The highest BCUT2D eigenvalue weighted by molar-refractivity contribution is 9.10. The van der Waals surface area contributed by atoms with E-state index in [9.17, 15) is 4.79 Å². The molecule has 0 saturated heterocycles. The summed E-state index contributed by atoms with van der Waals surface area (Å²) in [4.78, 5) is 11.4. The van der Waals surface area contributed by atoms with Gasteiger partial charge in [-0.3, -0.25) is 0 Å². The molecule has 0 aliphatic heterocycles. The summed E-state index contributed by atoms with van der Waals surface area (Å²) in [6.45, 7) is 5.54. The Bertz CT molecular complexity index is 403. The van der Waals surface area contributed by atoms with E-state index in [1.165, 1.54) is 6.08 Å². The molecule has 0 saturated carbocycles. The maximum atomic E-state index is 11.4. The molecular formula is C13H15BrO2. The molecule has 0 unspecified atom stereocenters. The van der Waals surface area contributed by atoms with Crippen LogP contribution in [0.2, 0.25) is 0 Å². The number of halogens is 1. The van der Waals surface area contributed by atoms with Crippen molar-refractivity contribution >= 4 is 28.0 Å². The smallest absolute Gasteiger partial charge is 0.331 e. The van der Waals surface area contributed by atoms with Crippen molar-refractivity contribution < 1.29 is 9.53 Å². The number of rotatable bonds is 2. The number of carbonyl (C=O) groups is 1. The summed E-state index contributed by atoms with van der Waals surface area (Å²) in [7, 11) is 0. The lowest BCUT2D eigenvalue weighted by molar-refractivity contribution is -0.148. The van der Waals surface area contributed by atoms with Gasteiger partial charge < -0.3 is 4.74 Å². The summed E-state index contributed by atoms with van der Waals surface area (Å²) in [6, 6.07) is 7.70. The van der Waals surface area contributed by atoms with Crippen molar-refractivity contribution in [2.45, 2.75) is 26.4 Å². The Morgan fingerprint density at radius 3 is 2.62 bits per heavy atom. The second-order valence-corrected chi connectivity index (χ2v) is 5.34. The van der Waals surface area contributed by atoms with Crippen LogP contribution in [0, 0.1) is 0 Å². The molecule has 0 amide bonds. The van der Waals surface area contributed by atoms with Crippen molar-refractivity contribution in [1.82, 2.24) is 0 Å². The van der Waals surface area contributed by atoms with E-state index in [0.29, 0.717) is 0 Å². The molecule has 16 heavy (non-hydrogen) atoms. The van der Waals surface area contributed by atoms with E-state index in [1.54, 1.807) is 6.08 Å². The Kier molecular flexibility index (Phi) is 4.30. The summed E-state index contributed by atoms with van der Waals surface area (Å²) in [5, 5.41) is 0. The molecule has 0 aliphatic carbocycles. The fraction of sp³-hybridized carbons (Fsp3) is 0.308. The minimum absolute atomic E-state index is 0.326. The largest absolute Gasteiger partial charge is 0.457 e. The number of ether oxygens (including phenoxy) is 1. The van der Waals surface area contributed by atoms with Gasteiger partial charge in [0.25, 0.3) is 0 Å². The van der Waals surface area contributed by atoms with Crippen LogP contribution in [0.5, 0.6) is 0 Å². The maximum Gasteiger partial charge on any atom is 0.331 e. The van der Waals surface area contributed by atoms with Gasteiger partial charge in [0.1, 0.15) is 5.60 Å². The fourth-order valence-electron chi connectivity index (χ4n) is 1.11. The van der Waals surface area contributed by atoms with Crippen molar-refractivity contribution in [1.29, 1.82) is 0 Å². The number of hydrogen-bond donors (Lipinski definition) is 0. The molecule has 3 heteroatoms. The van der Waals surface area contributed by atoms with Gasteiger partial charge in [-0.15, -0.1) is 0 Å². The van der Waals surface area contributed by atoms with Gasteiger partial charge in [0, 0.05) is 10.5 Å². The summed E-state index contributed by atoms with van der Waals surface area (Å²) in [6.07, 6.45) is 3.17. The average molecular weight is 283 g/mol. The zero-order valence-corrected chi connectivity index (χ0v) is 11.2. The second kappa shape index (κ2) is 5.30. The molecular weight excluding hydrogens is 268 g/mol. The van der Waals surface area contributed by atoms with Gasteiger partial charge in [-0.05, 0) is 44.5 Å². The van der Waals surface area contributed by atoms with Crippen LogP contribution in [0.4, 0.5) is 0 Å². The lowest BCUT2D eigenvalue weighted by Crippen LogP contribution is -2.22. The Balaban J connectivity index is 2.64. The average Bonchev–Trinajstić information content (AvgIpc) is 2.12. The van der Waals surface area contributed by atoms with E-state index in [1.807, 2.05) is 45.0 Å². The van der Waals surface area contributed by atoms with E-state index in [2.05, 4.69) is 15.9 Å². The lowest BCUT2D eigenvalue weighted by atomic mass is 10.2. The summed E-state index contributed by atoms with van der Waals surface area (Å²) in [5.74, 6) is -0.326. The normalized spacial score (nSPS) is 11.8. The quantitative estimate of drug-likeness (QED) is 0.609. The molecule has 0 fully saturated rings. The van der Waals surface area contributed by atoms with Crippen LogP contribution >= 0.6 is 15.9 Å². The fourth-order valence-corrected chi connectivity index (χ4v) is 1.53. The monoisotopic (exact) mass is 282 g/mol. The molecule has 0 bridgehead atoms. The van der Waals surface area contributed by atoms with Gasteiger partial charge in [-0.1, -0.05) is 28.1 Å². The van der Waals surface area contributed by atoms with Crippen molar-refractivity contribution in [3.05, 3.63) is 40.4 Å². The maximum absolute atomic E-state index is 11.4. The van der Waals surface area contributed by atoms with Gasteiger partial charge in [0.05, 0.1) is 0 Å². The third-order valence-electron chi connectivity index (χ3n) is 1.67.